The van der Waals surface area contributed by atoms with Crippen molar-refractivity contribution in [3.63, 3.8) is 0 Å². The zero-order valence-corrected chi connectivity index (χ0v) is 13.9. The summed E-state index contributed by atoms with van der Waals surface area (Å²) in [6.07, 6.45) is 0.112. The van der Waals surface area contributed by atoms with Crippen LogP contribution in [0.25, 0.3) is 0 Å². The van der Waals surface area contributed by atoms with Gasteiger partial charge < -0.3 is 20.5 Å². The number of carbonyl (C=O) groups is 2. The van der Waals surface area contributed by atoms with Crippen LogP contribution in [0.4, 0.5) is 5.69 Å². The van der Waals surface area contributed by atoms with E-state index in [2.05, 4.69) is 5.32 Å². The molecule has 0 aliphatic rings. The number of methoxy groups -OCH3 is 2. The normalized spacial score (nSPS) is 10.1. The number of hydrogen-bond donors (Lipinski definition) is 2. The second-order valence-corrected chi connectivity index (χ2v) is 5.25. The molecular formula is C18H20N2O4. The number of nitrogens with two attached hydrogens (primary N) is 1. The highest BCUT2D eigenvalue weighted by atomic mass is 16.5. The molecule has 2 rings (SSSR count). The highest BCUT2D eigenvalue weighted by molar-refractivity contribution is 5.99. The van der Waals surface area contributed by atoms with E-state index in [-0.39, 0.29) is 12.3 Å². The predicted molar refractivity (Wildman–Crippen MR) is 91.6 cm³/mol. The van der Waals surface area contributed by atoms with Crippen LogP contribution in [0, 0.1) is 6.92 Å². The van der Waals surface area contributed by atoms with Gasteiger partial charge in [-0.1, -0.05) is 6.07 Å². The first kappa shape index (κ1) is 17.3. The summed E-state index contributed by atoms with van der Waals surface area (Å²) in [7, 11) is 3.11. The minimum atomic E-state index is -0.530. The van der Waals surface area contributed by atoms with Gasteiger partial charge in [0.25, 0.3) is 0 Å². The van der Waals surface area contributed by atoms with Crippen LogP contribution in [0.15, 0.2) is 36.4 Å². The molecule has 6 nitrogen and oxygen atoms in total. The number of nitrogens with one attached hydrogen (secondary N) is 1. The Labute approximate surface area is 140 Å². The maximum absolute atomic E-state index is 12.4. The minimum Gasteiger partial charge on any atom is -0.497 e. The standard InChI is InChI=1S/C18H20N2O4/c1-11-14(18(19)22)5-4-6-15(11)20-17(21)10-12-9-13(23-2)7-8-16(12)24-3/h4-9H,10H2,1-3H3,(H2,19,22)(H,20,21). The lowest BCUT2D eigenvalue weighted by Gasteiger charge is -2.13. The van der Waals surface area contributed by atoms with E-state index in [9.17, 15) is 9.59 Å². The molecule has 0 aliphatic carbocycles. The molecule has 0 fully saturated rings. The first-order valence-corrected chi connectivity index (χ1v) is 7.36. The van der Waals surface area contributed by atoms with Crippen LogP contribution in [-0.2, 0) is 11.2 Å². The third-order valence-electron chi connectivity index (χ3n) is 3.71. The van der Waals surface area contributed by atoms with Crippen molar-refractivity contribution in [2.75, 3.05) is 19.5 Å². The van der Waals surface area contributed by atoms with Crippen molar-refractivity contribution in [1.82, 2.24) is 0 Å². The summed E-state index contributed by atoms with van der Waals surface area (Å²) in [5.41, 5.74) is 7.60. The third-order valence-corrected chi connectivity index (χ3v) is 3.71. The molecule has 0 unspecified atom stereocenters. The molecule has 0 bridgehead atoms. The Morgan fingerprint density at radius 3 is 2.50 bits per heavy atom. The van der Waals surface area contributed by atoms with Gasteiger partial charge in [-0.3, -0.25) is 9.59 Å². The SMILES string of the molecule is COc1ccc(OC)c(CC(=O)Nc2cccc(C(N)=O)c2C)c1. The molecule has 0 aliphatic heterocycles. The molecule has 24 heavy (non-hydrogen) atoms. The van der Waals surface area contributed by atoms with E-state index in [1.165, 1.54) is 0 Å². The van der Waals surface area contributed by atoms with Crippen LogP contribution in [0.3, 0.4) is 0 Å². The van der Waals surface area contributed by atoms with E-state index in [0.29, 0.717) is 33.9 Å². The average Bonchev–Trinajstić information content (AvgIpc) is 2.56. The summed E-state index contributed by atoms with van der Waals surface area (Å²) in [5, 5.41) is 2.80. The number of carbonyl (C=O) groups excluding carboxylic acids is 2. The van der Waals surface area contributed by atoms with Gasteiger partial charge in [0.1, 0.15) is 11.5 Å². The van der Waals surface area contributed by atoms with Gasteiger partial charge in [0, 0.05) is 16.8 Å². The van der Waals surface area contributed by atoms with E-state index < -0.39 is 5.91 Å². The summed E-state index contributed by atoms with van der Waals surface area (Å²) in [6.45, 7) is 1.74. The van der Waals surface area contributed by atoms with Crippen molar-refractivity contribution in [1.29, 1.82) is 0 Å². The molecule has 2 amide bonds. The molecule has 3 N–H and O–H groups in total. The topological polar surface area (TPSA) is 90.7 Å². The lowest BCUT2D eigenvalue weighted by molar-refractivity contribution is -0.115. The van der Waals surface area contributed by atoms with Crippen LogP contribution in [-0.4, -0.2) is 26.0 Å². The Morgan fingerprint density at radius 1 is 1.12 bits per heavy atom. The molecule has 0 heterocycles. The van der Waals surface area contributed by atoms with Crippen molar-refractivity contribution >= 4 is 17.5 Å². The molecule has 0 saturated carbocycles. The van der Waals surface area contributed by atoms with E-state index in [1.54, 1.807) is 57.5 Å². The number of amides is 2. The van der Waals surface area contributed by atoms with Gasteiger partial charge in [0.15, 0.2) is 0 Å². The number of rotatable bonds is 6. The molecule has 126 valence electrons. The van der Waals surface area contributed by atoms with Crippen LogP contribution in [0.1, 0.15) is 21.5 Å². The Kier molecular flexibility index (Phi) is 5.42. The van der Waals surface area contributed by atoms with Crippen molar-refractivity contribution in [3.8, 4) is 11.5 Å². The highest BCUT2D eigenvalue weighted by Crippen LogP contribution is 2.25. The Morgan fingerprint density at radius 2 is 1.88 bits per heavy atom. The second-order valence-electron chi connectivity index (χ2n) is 5.25. The van der Waals surface area contributed by atoms with Gasteiger partial charge in [-0.15, -0.1) is 0 Å². The fraction of sp³-hybridized carbons (Fsp3) is 0.222. The fourth-order valence-corrected chi connectivity index (χ4v) is 2.43. The molecule has 0 atom stereocenters. The monoisotopic (exact) mass is 328 g/mol. The largest absolute Gasteiger partial charge is 0.497 e. The zero-order valence-electron chi connectivity index (χ0n) is 13.9. The molecule has 6 heteroatoms. The molecule has 2 aromatic carbocycles. The Hall–Kier alpha value is -3.02. The van der Waals surface area contributed by atoms with E-state index in [0.717, 1.165) is 0 Å². The van der Waals surface area contributed by atoms with Gasteiger partial charge in [0.05, 0.1) is 20.6 Å². The lowest BCUT2D eigenvalue weighted by atomic mass is 10.1. The predicted octanol–water partition coefficient (Wildman–Crippen LogP) is 2.29. The molecule has 0 radical (unpaired) electrons. The quantitative estimate of drug-likeness (QED) is 0.851. The fourth-order valence-electron chi connectivity index (χ4n) is 2.43. The smallest absolute Gasteiger partial charge is 0.249 e. The Balaban J connectivity index is 2.20. The molecule has 0 saturated heterocycles. The molecule has 0 aromatic heterocycles. The van der Waals surface area contributed by atoms with Crippen LogP contribution >= 0.6 is 0 Å². The summed E-state index contributed by atoms with van der Waals surface area (Å²) < 4.78 is 10.5. The van der Waals surface area contributed by atoms with Crippen molar-refractivity contribution in [2.24, 2.45) is 5.73 Å². The summed E-state index contributed by atoms with van der Waals surface area (Å²) >= 11 is 0. The third kappa shape index (κ3) is 3.84. The van der Waals surface area contributed by atoms with Gasteiger partial charge in [-0.2, -0.15) is 0 Å². The summed E-state index contributed by atoms with van der Waals surface area (Å²) in [4.78, 5) is 23.7. The second kappa shape index (κ2) is 7.50. The van der Waals surface area contributed by atoms with E-state index in [1.807, 2.05) is 0 Å². The van der Waals surface area contributed by atoms with Crippen molar-refractivity contribution in [2.45, 2.75) is 13.3 Å². The number of anilines is 1. The van der Waals surface area contributed by atoms with Gasteiger partial charge in [-0.05, 0) is 42.8 Å². The summed E-state index contributed by atoms with van der Waals surface area (Å²) in [5.74, 6) is 0.489. The van der Waals surface area contributed by atoms with E-state index in [4.69, 9.17) is 15.2 Å². The van der Waals surface area contributed by atoms with Crippen LogP contribution < -0.4 is 20.5 Å². The first-order valence-electron chi connectivity index (χ1n) is 7.36. The van der Waals surface area contributed by atoms with Crippen LogP contribution in [0.2, 0.25) is 0 Å². The number of primary amides is 1. The van der Waals surface area contributed by atoms with Crippen LogP contribution in [0.5, 0.6) is 11.5 Å². The van der Waals surface area contributed by atoms with Gasteiger partial charge in [-0.25, -0.2) is 0 Å². The maximum atomic E-state index is 12.4. The van der Waals surface area contributed by atoms with Crippen molar-refractivity contribution in [3.05, 3.63) is 53.1 Å². The number of benzene rings is 2. The summed E-state index contributed by atoms with van der Waals surface area (Å²) in [6, 6.07) is 10.3. The number of ether oxygens (including phenoxy) is 2. The Bertz CT molecular complexity index is 772. The number of hydrogen-bond acceptors (Lipinski definition) is 4. The molecule has 2 aromatic rings. The minimum absolute atomic E-state index is 0.112. The van der Waals surface area contributed by atoms with E-state index >= 15 is 0 Å². The van der Waals surface area contributed by atoms with Gasteiger partial charge >= 0.3 is 0 Å². The molecule has 0 spiro atoms. The van der Waals surface area contributed by atoms with Crippen molar-refractivity contribution < 1.29 is 19.1 Å². The van der Waals surface area contributed by atoms with Gasteiger partial charge in [0.2, 0.25) is 11.8 Å². The maximum Gasteiger partial charge on any atom is 0.249 e. The first-order chi connectivity index (χ1) is 11.5. The molecular weight excluding hydrogens is 308 g/mol. The zero-order chi connectivity index (χ0) is 17.7. The highest BCUT2D eigenvalue weighted by Gasteiger charge is 2.13. The average molecular weight is 328 g/mol. The lowest BCUT2D eigenvalue weighted by Crippen LogP contribution is -2.18.